The number of halogens is 7. The molecule has 1 unspecified atom stereocenters. The Morgan fingerprint density at radius 2 is 1.46 bits per heavy atom. The van der Waals surface area contributed by atoms with Crippen LogP contribution in [-0.4, -0.2) is 26.3 Å². The van der Waals surface area contributed by atoms with E-state index in [-0.39, 0.29) is 17.0 Å². The summed E-state index contributed by atoms with van der Waals surface area (Å²) in [5.74, 6) is -8.69. The molecule has 3 rings (SSSR count). The van der Waals surface area contributed by atoms with Gasteiger partial charge in [-0.25, -0.2) is 27.5 Å². The molecule has 1 aromatic heterocycles. The second kappa shape index (κ2) is 9.72. The Morgan fingerprint density at radius 3 is 1.94 bits per heavy atom. The van der Waals surface area contributed by atoms with E-state index >= 15 is 0 Å². The second-order valence-corrected chi connectivity index (χ2v) is 8.79. The minimum atomic E-state index is -4.69. The zero-order valence-electron chi connectivity index (χ0n) is 18.3. The molecule has 2 aromatic carbocycles. The molecule has 0 aliphatic heterocycles. The molecule has 0 saturated carbocycles. The van der Waals surface area contributed by atoms with Gasteiger partial charge in [-0.15, -0.1) is 0 Å². The SMILES string of the molecule is Cc1cc(-c2ncc(C(=O)NCc3c(F)c(F)c(S(C)=O)c(F)c3F)cn2)c(C(F)(F)F)cc1C. The predicted octanol–water partition coefficient (Wildman–Crippen LogP) is 5.00. The molecule has 35 heavy (non-hydrogen) atoms. The molecule has 0 fully saturated rings. The van der Waals surface area contributed by atoms with Gasteiger partial charge in [-0.2, -0.15) is 13.2 Å². The van der Waals surface area contributed by atoms with E-state index in [2.05, 4.69) is 9.97 Å². The standard InChI is InChI=1S/C22H16F7N3O2S/c1-9-4-12(14(5-10(9)2)22(27,28)29)20-30-6-11(7-31-20)21(33)32-8-13-15(23)17(25)19(35(3)34)18(26)16(13)24/h4-7H,8H2,1-3H3,(H,32,33). The highest BCUT2D eigenvalue weighted by Crippen LogP contribution is 2.37. The molecular weight excluding hydrogens is 503 g/mol. The van der Waals surface area contributed by atoms with Gasteiger partial charge in [0, 0.05) is 36.3 Å². The van der Waals surface area contributed by atoms with Gasteiger partial charge in [0.25, 0.3) is 5.91 Å². The number of aryl methyl sites for hydroxylation is 2. The van der Waals surface area contributed by atoms with Crippen LogP contribution in [0.4, 0.5) is 30.7 Å². The fourth-order valence-electron chi connectivity index (χ4n) is 3.16. The van der Waals surface area contributed by atoms with E-state index < -0.39 is 68.7 Å². The van der Waals surface area contributed by atoms with Gasteiger partial charge in [0.05, 0.1) is 21.9 Å². The Hall–Kier alpha value is -3.35. The summed E-state index contributed by atoms with van der Waals surface area (Å²) in [6, 6.07) is 2.21. The molecule has 0 spiro atoms. The van der Waals surface area contributed by atoms with Crippen molar-refractivity contribution >= 4 is 16.7 Å². The quantitative estimate of drug-likeness (QED) is 0.380. The van der Waals surface area contributed by atoms with E-state index in [1.807, 2.05) is 5.32 Å². The van der Waals surface area contributed by atoms with Crippen LogP contribution in [0, 0.1) is 37.1 Å². The first-order valence-corrected chi connectivity index (χ1v) is 11.3. The van der Waals surface area contributed by atoms with E-state index in [1.54, 1.807) is 6.92 Å². The molecule has 5 nitrogen and oxygen atoms in total. The van der Waals surface area contributed by atoms with Crippen molar-refractivity contribution in [3.63, 3.8) is 0 Å². The van der Waals surface area contributed by atoms with Crippen molar-refractivity contribution in [3.8, 4) is 11.4 Å². The largest absolute Gasteiger partial charge is 0.417 e. The third-order valence-corrected chi connectivity index (χ3v) is 6.05. The van der Waals surface area contributed by atoms with E-state index in [1.165, 1.54) is 13.0 Å². The molecule has 3 aromatic rings. The fourth-order valence-corrected chi connectivity index (χ4v) is 3.84. The average Bonchev–Trinajstić information content (AvgIpc) is 2.78. The van der Waals surface area contributed by atoms with Crippen LogP contribution in [0.1, 0.15) is 32.6 Å². The normalized spacial score (nSPS) is 12.5. The highest BCUT2D eigenvalue weighted by molar-refractivity contribution is 7.84. The van der Waals surface area contributed by atoms with Crippen molar-refractivity contribution in [2.45, 2.75) is 31.5 Å². The van der Waals surface area contributed by atoms with Crippen LogP contribution in [0.2, 0.25) is 0 Å². The second-order valence-electron chi connectivity index (χ2n) is 7.48. The Morgan fingerprint density at radius 1 is 0.943 bits per heavy atom. The molecule has 0 radical (unpaired) electrons. The third kappa shape index (κ3) is 5.19. The van der Waals surface area contributed by atoms with E-state index in [0.29, 0.717) is 11.1 Å². The number of nitrogens with zero attached hydrogens (tertiary/aromatic N) is 2. The molecule has 0 aliphatic carbocycles. The van der Waals surface area contributed by atoms with Crippen LogP contribution in [0.5, 0.6) is 0 Å². The lowest BCUT2D eigenvalue weighted by Crippen LogP contribution is -2.25. The number of hydrogen-bond acceptors (Lipinski definition) is 4. The van der Waals surface area contributed by atoms with Crippen LogP contribution in [-0.2, 0) is 23.5 Å². The van der Waals surface area contributed by atoms with Crippen molar-refractivity contribution in [1.82, 2.24) is 15.3 Å². The summed E-state index contributed by atoms with van der Waals surface area (Å²) in [4.78, 5) is 18.6. The monoisotopic (exact) mass is 519 g/mol. The Kier molecular flexibility index (Phi) is 7.29. The van der Waals surface area contributed by atoms with Crippen molar-refractivity contribution in [2.75, 3.05) is 6.26 Å². The summed E-state index contributed by atoms with van der Waals surface area (Å²) in [5.41, 5.74) is -1.76. The number of hydrogen-bond donors (Lipinski definition) is 1. The molecule has 13 heteroatoms. The van der Waals surface area contributed by atoms with Crippen LogP contribution in [0.15, 0.2) is 29.4 Å². The predicted molar refractivity (Wildman–Crippen MR) is 112 cm³/mol. The van der Waals surface area contributed by atoms with Crippen LogP contribution < -0.4 is 5.32 Å². The highest BCUT2D eigenvalue weighted by atomic mass is 32.2. The first-order chi connectivity index (χ1) is 16.2. The molecule has 1 heterocycles. The van der Waals surface area contributed by atoms with Crippen LogP contribution >= 0.6 is 0 Å². The Balaban J connectivity index is 1.86. The summed E-state index contributed by atoms with van der Waals surface area (Å²) in [6.07, 6.45) is -2.07. The Labute approximate surface area is 196 Å². The topological polar surface area (TPSA) is 72.0 Å². The highest BCUT2D eigenvalue weighted by Gasteiger charge is 2.35. The maximum atomic E-state index is 14.2. The van der Waals surface area contributed by atoms with Crippen molar-refractivity contribution in [2.24, 2.45) is 0 Å². The number of nitrogens with one attached hydrogen (secondary N) is 1. The summed E-state index contributed by atoms with van der Waals surface area (Å²) in [7, 11) is -2.36. The van der Waals surface area contributed by atoms with Gasteiger partial charge >= 0.3 is 6.18 Å². The third-order valence-electron chi connectivity index (χ3n) is 5.12. The molecule has 0 bridgehead atoms. The average molecular weight is 519 g/mol. The molecule has 0 aliphatic rings. The number of rotatable bonds is 5. The lowest BCUT2D eigenvalue weighted by molar-refractivity contribution is -0.137. The Bertz CT molecular complexity index is 1310. The molecule has 1 amide bonds. The number of benzene rings is 2. The number of alkyl halides is 3. The molecule has 1 atom stereocenters. The van der Waals surface area contributed by atoms with Gasteiger partial charge in [0.15, 0.2) is 29.1 Å². The number of amides is 1. The van der Waals surface area contributed by atoms with Crippen molar-refractivity contribution in [1.29, 1.82) is 0 Å². The van der Waals surface area contributed by atoms with Gasteiger partial charge in [-0.05, 0) is 37.1 Å². The van der Waals surface area contributed by atoms with Crippen molar-refractivity contribution in [3.05, 3.63) is 75.6 Å². The lowest BCUT2D eigenvalue weighted by Gasteiger charge is -2.15. The van der Waals surface area contributed by atoms with E-state index in [0.717, 1.165) is 24.7 Å². The van der Waals surface area contributed by atoms with Gasteiger partial charge < -0.3 is 5.32 Å². The summed E-state index contributed by atoms with van der Waals surface area (Å²) in [5, 5.41) is 2.02. The maximum Gasteiger partial charge on any atom is 0.417 e. The first kappa shape index (κ1) is 26.3. The minimum absolute atomic E-state index is 0.292. The first-order valence-electron chi connectivity index (χ1n) is 9.71. The van der Waals surface area contributed by atoms with E-state index in [9.17, 15) is 39.7 Å². The van der Waals surface area contributed by atoms with Crippen LogP contribution in [0.25, 0.3) is 11.4 Å². The van der Waals surface area contributed by atoms with Gasteiger partial charge in [0.1, 0.15) is 4.90 Å². The maximum absolute atomic E-state index is 14.2. The van der Waals surface area contributed by atoms with Gasteiger partial charge in [-0.1, -0.05) is 0 Å². The van der Waals surface area contributed by atoms with E-state index in [4.69, 9.17) is 0 Å². The van der Waals surface area contributed by atoms with Gasteiger partial charge in [-0.3, -0.25) is 9.00 Å². The molecule has 186 valence electrons. The molecule has 1 N–H and O–H groups in total. The number of aromatic nitrogens is 2. The smallest absolute Gasteiger partial charge is 0.348 e. The lowest BCUT2D eigenvalue weighted by atomic mass is 9.99. The zero-order chi connectivity index (χ0) is 26.2. The molecular formula is C22H16F7N3O2S. The summed E-state index contributed by atoms with van der Waals surface area (Å²) >= 11 is 0. The molecule has 0 saturated heterocycles. The number of carbonyl (C=O) groups excluding carboxylic acids is 1. The minimum Gasteiger partial charge on any atom is -0.348 e. The summed E-state index contributed by atoms with van der Waals surface area (Å²) < 4.78 is 108. The zero-order valence-corrected chi connectivity index (χ0v) is 19.1. The summed E-state index contributed by atoms with van der Waals surface area (Å²) in [6.45, 7) is 2.13. The van der Waals surface area contributed by atoms with Gasteiger partial charge in [0.2, 0.25) is 0 Å². The van der Waals surface area contributed by atoms with Crippen LogP contribution in [0.3, 0.4) is 0 Å². The fraction of sp³-hybridized carbons (Fsp3) is 0.227. The number of carbonyl (C=O) groups is 1. The van der Waals surface area contributed by atoms with Crippen molar-refractivity contribution < 1.29 is 39.7 Å².